The maximum atomic E-state index is 8.29. The van der Waals surface area contributed by atoms with Crippen molar-refractivity contribution in [2.24, 2.45) is 0 Å². The van der Waals surface area contributed by atoms with E-state index >= 15 is 0 Å². The Labute approximate surface area is 73.6 Å². The van der Waals surface area contributed by atoms with Crippen LogP contribution in [0, 0.1) is 11.3 Å². The summed E-state index contributed by atoms with van der Waals surface area (Å²) >= 11 is 11.1. The summed E-state index contributed by atoms with van der Waals surface area (Å²) < 4.78 is 0. The lowest BCUT2D eigenvalue weighted by Gasteiger charge is -1.94. The summed E-state index contributed by atoms with van der Waals surface area (Å²) in [7, 11) is 0. The fourth-order valence-electron chi connectivity index (χ4n) is 0.584. The van der Waals surface area contributed by atoms with Crippen LogP contribution in [0.2, 0.25) is 10.3 Å². The number of nitrogens with zero attached hydrogens (tertiary/aromatic N) is 3. The van der Waals surface area contributed by atoms with E-state index in [1.165, 1.54) is 6.07 Å². The summed E-state index contributed by atoms with van der Waals surface area (Å²) in [5.41, 5.74) is 0. The zero-order chi connectivity index (χ0) is 8.27. The van der Waals surface area contributed by atoms with E-state index in [-0.39, 0.29) is 16.7 Å². The molecule has 0 radical (unpaired) electrons. The van der Waals surface area contributed by atoms with E-state index in [2.05, 4.69) is 9.97 Å². The summed E-state index contributed by atoms with van der Waals surface area (Å²) in [4.78, 5) is 7.54. The molecule has 0 amide bonds. The van der Waals surface area contributed by atoms with Crippen LogP contribution < -0.4 is 0 Å². The first kappa shape index (κ1) is 8.25. The molecular weight excluding hydrogens is 185 g/mol. The van der Waals surface area contributed by atoms with E-state index in [9.17, 15) is 0 Å². The highest BCUT2D eigenvalue weighted by Gasteiger charge is 1.99. The highest BCUT2D eigenvalue weighted by Crippen LogP contribution is 2.11. The van der Waals surface area contributed by atoms with Crippen molar-refractivity contribution < 1.29 is 0 Å². The van der Waals surface area contributed by atoms with E-state index in [4.69, 9.17) is 28.5 Å². The van der Waals surface area contributed by atoms with Gasteiger partial charge in [-0.05, 0) is 0 Å². The van der Waals surface area contributed by atoms with Gasteiger partial charge in [0.05, 0.1) is 12.5 Å². The highest BCUT2D eigenvalue weighted by atomic mass is 35.5. The molecule has 0 N–H and O–H groups in total. The van der Waals surface area contributed by atoms with Gasteiger partial charge < -0.3 is 0 Å². The predicted octanol–water partition coefficient (Wildman–Crippen LogP) is 1.85. The van der Waals surface area contributed by atoms with Crippen LogP contribution in [0.25, 0.3) is 0 Å². The van der Waals surface area contributed by atoms with Crippen molar-refractivity contribution >= 4 is 23.2 Å². The van der Waals surface area contributed by atoms with Crippen molar-refractivity contribution in [1.82, 2.24) is 9.97 Å². The minimum absolute atomic E-state index is 0.125. The fraction of sp³-hybridized carbons (Fsp3) is 0.167. The Bertz CT molecular complexity index is 285. The molecule has 1 aromatic rings. The Hall–Kier alpha value is -0.850. The summed E-state index contributed by atoms with van der Waals surface area (Å²) in [6, 6.07) is 3.32. The second kappa shape index (κ2) is 3.51. The molecule has 0 spiro atoms. The van der Waals surface area contributed by atoms with Gasteiger partial charge in [0, 0.05) is 6.07 Å². The Kier molecular flexibility index (Phi) is 2.64. The number of hydrogen-bond donors (Lipinski definition) is 0. The molecule has 0 fully saturated rings. The first-order valence-electron chi connectivity index (χ1n) is 2.78. The molecule has 5 heteroatoms. The molecule has 0 saturated heterocycles. The summed E-state index contributed by atoms with van der Waals surface area (Å²) in [5.74, 6) is 0.352. The standard InChI is InChI=1S/C6H3Cl2N3/c7-4-3-5(8)11-6(10-4)1-2-9/h3H,1H2. The van der Waals surface area contributed by atoms with Gasteiger partial charge in [-0.3, -0.25) is 0 Å². The average Bonchev–Trinajstić information content (AvgIpc) is 1.85. The Morgan fingerprint density at radius 2 is 1.91 bits per heavy atom. The quantitative estimate of drug-likeness (QED) is 0.631. The van der Waals surface area contributed by atoms with E-state index < -0.39 is 0 Å². The van der Waals surface area contributed by atoms with Crippen LogP contribution >= 0.6 is 23.2 Å². The van der Waals surface area contributed by atoms with Crippen molar-refractivity contribution in [2.75, 3.05) is 0 Å². The van der Waals surface area contributed by atoms with Crippen molar-refractivity contribution in [3.8, 4) is 6.07 Å². The number of aromatic nitrogens is 2. The molecule has 1 rings (SSSR count). The van der Waals surface area contributed by atoms with E-state index in [1.807, 2.05) is 6.07 Å². The third-order valence-electron chi connectivity index (χ3n) is 0.947. The lowest BCUT2D eigenvalue weighted by molar-refractivity contribution is 0.995. The van der Waals surface area contributed by atoms with Crippen molar-refractivity contribution in [2.45, 2.75) is 6.42 Å². The summed E-state index contributed by atoms with van der Waals surface area (Å²) in [6.07, 6.45) is 0.125. The molecule has 0 unspecified atom stereocenters. The van der Waals surface area contributed by atoms with Crippen molar-refractivity contribution in [3.63, 3.8) is 0 Å². The minimum Gasteiger partial charge on any atom is -0.220 e. The molecule has 1 aromatic heterocycles. The van der Waals surface area contributed by atoms with E-state index in [1.54, 1.807) is 0 Å². The van der Waals surface area contributed by atoms with Crippen LogP contribution in [0.4, 0.5) is 0 Å². The number of nitriles is 1. The van der Waals surface area contributed by atoms with Crippen LogP contribution in [-0.4, -0.2) is 9.97 Å². The summed E-state index contributed by atoms with van der Waals surface area (Å²) in [6.45, 7) is 0. The number of rotatable bonds is 1. The van der Waals surface area contributed by atoms with Crippen LogP contribution in [0.5, 0.6) is 0 Å². The smallest absolute Gasteiger partial charge is 0.145 e. The molecule has 0 aliphatic rings. The molecular formula is C6H3Cl2N3. The topological polar surface area (TPSA) is 49.6 Å². The normalized spacial score (nSPS) is 9.18. The van der Waals surface area contributed by atoms with Crippen LogP contribution in [0.3, 0.4) is 0 Å². The van der Waals surface area contributed by atoms with Gasteiger partial charge in [0.2, 0.25) is 0 Å². The second-order valence-electron chi connectivity index (χ2n) is 1.76. The predicted molar refractivity (Wildman–Crippen MR) is 41.4 cm³/mol. The molecule has 0 bridgehead atoms. The molecule has 3 nitrogen and oxygen atoms in total. The SMILES string of the molecule is N#CCc1nc(Cl)cc(Cl)n1. The minimum atomic E-state index is 0.125. The first-order chi connectivity index (χ1) is 5.22. The largest absolute Gasteiger partial charge is 0.220 e. The van der Waals surface area contributed by atoms with Gasteiger partial charge in [-0.1, -0.05) is 23.2 Å². The third-order valence-corrected chi connectivity index (χ3v) is 1.33. The zero-order valence-corrected chi connectivity index (χ0v) is 6.89. The van der Waals surface area contributed by atoms with Crippen LogP contribution in [0.1, 0.15) is 5.82 Å². The fourth-order valence-corrected chi connectivity index (χ4v) is 1.04. The van der Waals surface area contributed by atoms with Gasteiger partial charge in [0.1, 0.15) is 16.1 Å². The molecule has 0 aliphatic carbocycles. The van der Waals surface area contributed by atoms with Crippen LogP contribution in [-0.2, 0) is 6.42 Å². The van der Waals surface area contributed by atoms with Gasteiger partial charge in [-0.15, -0.1) is 0 Å². The molecule has 0 atom stereocenters. The van der Waals surface area contributed by atoms with Crippen molar-refractivity contribution in [1.29, 1.82) is 5.26 Å². The molecule has 0 saturated carbocycles. The molecule has 0 aliphatic heterocycles. The van der Waals surface area contributed by atoms with E-state index in [0.717, 1.165) is 0 Å². The van der Waals surface area contributed by atoms with Gasteiger partial charge in [0.15, 0.2) is 0 Å². The summed E-state index contributed by atoms with van der Waals surface area (Å²) in [5, 5.41) is 8.80. The highest BCUT2D eigenvalue weighted by molar-refractivity contribution is 6.33. The molecule has 1 heterocycles. The monoisotopic (exact) mass is 187 g/mol. The van der Waals surface area contributed by atoms with Gasteiger partial charge in [-0.2, -0.15) is 5.26 Å². The molecule has 56 valence electrons. The zero-order valence-electron chi connectivity index (χ0n) is 5.38. The van der Waals surface area contributed by atoms with Gasteiger partial charge in [-0.25, -0.2) is 9.97 Å². The molecule has 0 aromatic carbocycles. The Morgan fingerprint density at radius 3 is 2.36 bits per heavy atom. The first-order valence-corrected chi connectivity index (χ1v) is 3.54. The van der Waals surface area contributed by atoms with Crippen LogP contribution in [0.15, 0.2) is 6.07 Å². The van der Waals surface area contributed by atoms with E-state index in [0.29, 0.717) is 5.82 Å². The number of halogens is 2. The lowest BCUT2D eigenvalue weighted by atomic mass is 10.4. The average molecular weight is 188 g/mol. The van der Waals surface area contributed by atoms with Gasteiger partial charge >= 0.3 is 0 Å². The van der Waals surface area contributed by atoms with Crippen molar-refractivity contribution in [3.05, 3.63) is 22.2 Å². The molecule has 11 heavy (non-hydrogen) atoms. The Balaban J connectivity index is 3.01. The maximum absolute atomic E-state index is 8.29. The lowest BCUT2D eigenvalue weighted by Crippen LogP contribution is -1.93. The second-order valence-corrected chi connectivity index (χ2v) is 2.54. The van der Waals surface area contributed by atoms with Gasteiger partial charge in [0.25, 0.3) is 0 Å². The number of hydrogen-bond acceptors (Lipinski definition) is 3. The Morgan fingerprint density at radius 1 is 1.36 bits per heavy atom. The maximum Gasteiger partial charge on any atom is 0.145 e. The third kappa shape index (κ3) is 2.34.